The fourth-order valence-electron chi connectivity index (χ4n) is 2.12. The Kier molecular flexibility index (Phi) is 4.57. The molecular formula is C16H14FN3O2S. The molecule has 5 nitrogen and oxygen atoms in total. The van der Waals surface area contributed by atoms with Gasteiger partial charge in [0.1, 0.15) is 11.6 Å². The Morgan fingerprint density at radius 1 is 1.35 bits per heavy atom. The van der Waals surface area contributed by atoms with E-state index in [4.69, 9.17) is 4.42 Å². The Morgan fingerprint density at radius 2 is 2.13 bits per heavy atom. The minimum Gasteiger partial charge on any atom is -0.463 e. The number of carbonyl (C=O) groups excluding carboxylic acids is 1. The van der Waals surface area contributed by atoms with Crippen molar-refractivity contribution in [3.63, 3.8) is 0 Å². The van der Waals surface area contributed by atoms with E-state index in [0.29, 0.717) is 23.0 Å². The lowest BCUT2D eigenvalue weighted by molar-refractivity contribution is -0.116. The molecule has 0 aliphatic carbocycles. The van der Waals surface area contributed by atoms with Gasteiger partial charge in [-0.1, -0.05) is 18.7 Å². The maximum absolute atomic E-state index is 13.1. The molecule has 1 amide bonds. The van der Waals surface area contributed by atoms with Gasteiger partial charge in [0.2, 0.25) is 5.91 Å². The molecule has 23 heavy (non-hydrogen) atoms. The number of anilines is 1. The minimum atomic E-state index is -0.352. The lowest BCUT2D eigenvalue weighted by atomic mass is 10.2. The fourth-order valence-corrected chi connectivity index (χ4v) is 3.15. The first-order valence-electron chi connectivity index (χ1n) is 7.09. The number of benzene rings is 1. The van der Waals surface area contributed by atoms with Crippen molar-refractivity contribution >= 4 is 34.7 Å². The predicted molar refractivity (Wildman–Crippen MR) is 89.3 cm³/mol. The highest BCUT2D eigenvalue weighted by Gasteiger charge is 2.38. The minimum absolute atomic E-state index is 0.0731. The van der Waals surface area contributed by atoms with Crippen molar-refractivity contribution in [2.24, 2.45) is 10.2 Å². The molecule has 1 aliphatic heterocycles. The standard InChI is InChI=1S/C16H14FN3O2S/c1-2-14-15(21)20(12-7-5-11(17)6-8-12)16(23-14)19-18-10-13-4-3-9-22-13/h3-10,14H,2H2,1H3/b18-10+,19-16-/t14-/m1/s1. The average molecular weight is 331 g/mol. The zero-order valence-electron chi connectivity index (χ0n) is 12.3. The summed E-state index contributed by atoms with van der Waals surface area (Å²) in [6.45, 7) is 1.94. The van der Waals surface area contributed by atoms with Gasteiger partial charge in [0.05, 0.1) is 23.4 Å². The molecule has 118 valence electrons. The summed E-state index contributed by atoms with van der Waals surface area (Å²) in [5.74, 6) is 0.148. The van der Waals surface area contributed by atoms with Crippen LogP contribution in [0.3, 0.4) is 0 Å². The summed E-state index contributed by atoms with van der Waals surface area (Å²) < 4.78 is 18.2. The summed E-state index contributed by atoms with van der Waals surface area (Å²) in [5, 5.41) is 8.36. The molecule has 2 aromatic rings. The van der Waals surface area contributed by atoms with Crippen molar-refractivity contribution < 1.29 is 13.6 Å². The lowest BCUT2D eigenvalue weighted by Crippen LogP contribution is -2.31. The van der Waals surface area contributed by atoms with Crippen LogP contribution >= 0.6 is 11.8 Å². The number of amidine groups is 1. The second-order valence-electron chi connectivity index (χ2n) is 4.81. The number of amides is 1. The molecule has 0 unspecified atom stereocenters. The first-order valence-corrected chi connectivity index (χ1v) is 7.97. The van der Waals surface area contributed by atoms with Crippen LogP contribution in [0.25, 0.3) is 0 Å². The van der Waals surface area contributed by atoms with Crippen LogP contribution in [0.1, 0.15) is 19.1 Å². The topological polar surface area (TPSA) is 58.2 Å². The summed E-state index contributed by atoms with van der Waals surface area (Å²) in [5.41, 5.74) is 0.576. The van der Waals surface area contributed by atoms with Crippen LogP contribution in [0.15, 0.2) is 57.3 Å². The van der Waals surface area contributed by atoms with Crippen LogP contribution in [-0.2, 0) is 4.79 Å². The van der Waals surface area contributed by atoms with E-state index < -0.39 is 0 Å². The van der Waals surface area contributed by atoms with Gasteiger partial charge in [0.25, 0.3) is 0 Å². The van der Waals surface area contributed by atoms with Gasteiger partial charge in [-0.2, -0.15) is 5.10 Å². The molecule has 0 radical (unpaired) electrons. The van der Waals surface area contributed by atoms with Gasteiger partial charge in [-0.3, -0.25) is 9.69 Å². The van der Waals surface area contributed by atoms with Crippen LogP contribution in [0, 0.1) is 5.82 Å². The second kappa shape index (κ2) is 6.78. The van der Waals surface area contributed by atoms with Gasteiger partial charge in [-0.25, -0.2) is 4.39 Å². The van der Waals surface area contributed by atoms with Crippen molar-refractivity contribution in [1.29, 1.82) is 0 Å². The molecule has 1 aliphatic rings. The van der Waals surface area contributed by atoms with E-state index in [1.165, 1.54) is 35.0 Å². The van der Waals surface area contributed by atoms with Gasteiger partial charge >= 0.3 is 0 Å². The SMILES string of the molecule is CC[C@H]1S/C(=N\N=C\c2ccco2)N(c2ccc(F)cc2)C1=O. The predicted octanol–water partition coefficient (Wildman–Crippen LogP) is 3.67. The number of halogens is 1. The van der Waals surface area contributed by atoms with E-state index >= 15 is 0 Å². The Balaban J connectivity index is 1.89. The van der Waals surface area contributed by atoms with Crippen LogP contribution in [0.2, 0.25) is 0 Å². The largest absolute Gasteiger partial charge is 0.463 e. The second-order valence-corrected chi connectivity index (χ2v) is 5.98. The van der Waals surface area contributed by atoms with Gasteiger partial charge in [-0.05, 0) is 42.8 Å². The highest BCUT2D eigenvalue weighted by molar-refractivity contribution is 8.16. The van der Waals surface area contributed by atoms with Crippen LogP contribution in [0.4, 0.5) is 10.1 Å². The number of carbonyl (C=O) groups is 1. The normalized spacial score (nSPS) is 20.1. The summed E-state index contributed by atoms with van der Waals surface area (Å²) in [6.07, 6.45) is 3.70. The third-order valence-corrected chi connectivity index (χ3v) is 4.56. The molecular weight excluding hydrogens is 317 g/mol. The van der Waals surface area contributed by atoms with E-state index in [2.05, 4.69) is 10.2 Å². The van der Waals surface area contributed by atoms with Gasteiger partial charge in [0, 0.05) is 0 Å². The van der Waals surface area contributed by atoms with Crippen LogP contribution < -0.4 is 4.90 Å². The molecule has 1 fully saturated rings. The summed E-state index contributed by atoms with van der Waals surface area (Å²) in [7, 11) is 0. The number of hydrogen-bond donors (Lipinski definition) is 0. The van der Waals surface area contributed by atoms with Crippen molar-refractivity contribution in [1.82, 2.24) is 0 Å². The first-order chi connectivity index (χ1) is 11.2. The molecule has 1 aromatic carbocycles. The molecule has 2 heterocycles. The summed E-state index contributed by atoms with van der Waals surface area (Å²) in [6, 6.07) is 9.24. The van der Waals surface area contributed by atoms with E-state index in [0.717, 1.165) is 0 Å². The smallest absolute Gasteiger partial charge is 0.246 e. The number of thioether (sulfide) groups is 1. The van der Waals surface area contributed by atoms with Crippen LogP contribution in [-0.4, -0.2) is 22.5 Å². The highest BCUT2D eigenvalue weighted by Crippen LogP contribution is 2.33. The van der Waals surface area contributed by atoms with E-state index in [1.807, 2.05) is 6.92 Å². The third kappa shape index (κ3) is 3.34. The Morgan fingerprint density at radius 3 is 2.78 bits per heavy atom. The molecule has 0 N–H and O–H groups in total. The molecule has 0 saturated carbocycles. The van der Waals surface area contributed by atoms with E-state index in [-0.39, 0.29) is 17.0 Å². The highest BCUT2D eigenvalue weighted by atomic mass is 32.2. The van der Waals surface area contributed by atoms with E-state index in [9.17, 15) is 9.18 Å². The quantitative estimate of drug-likeness (QED) is 0.634. The Bertz CT molecular complexity index is 741. The summed E-state index contributed by atoms with van der Waals surface area (Å²) in [4.78, 5) is 14.0. The monoisotopic (exact) mass is 331 g/mol. The molecule has 1 saturated heterocycles. The number of rotatable bonds is 4. The molecule has 0 spiro atoms. The van der Waals surface area contributed by atoms with Crippen LogP contribution in [0.5, 0.6) is 0 Å². The third-order valence-electron chi connectivity index (χ3n) is 3.26. The zero-order chi connectivity index (χ0) is 16.2. The fraction of sp³-hybridized carbons (Fsp3) is 0.188. The van der Waals surface area contributed by atoms with Crippen molar-refractivity contribution in [2.45, 2.75) is 18.6 Å². The number of furan rings is 1. The maximum atomic E-state index is 13.1. The zero-order valence-corrected chi connectivity index (χ0v) is 13.2. The molecule has 1 atom stereocenters. The van der Waals surface area contributed by atoms with Gasteiger partial charge < -0.3 is 4.42 Å². The molecule has 0 bridgehead atoms. The maximum Gasteiger partial charge on any atom is 0.246 e. The summed E-state index contributed by atoms with van der Waals surface area (Å²) >= 11 is 1.35. The molecule has 7 heteroatoms. The van der Waals surface area contributed by atoms with Gasteiger partial charge in [-0.15, -0.1) is 5.10 Å². The van der Waals surface area contributed by atoms with Crippen molar-refractivity contribution in [2.75, 3.05) is 4.90 Å². The average Bonchev–Trinajstić information content (AvgIpc) is 3.17. The van der Waals surface area contributed by atoms with E-state index in [1.54, 1.807) is 30.5 Å². The van der Waals surface area contributed by atoms with Crippen molar-refractivity contribution in [3.8, 4) is 0 Å². The van der Waals surface area contributed by atoms with Crippen molar-refractivity contribution in [3.05, 3.63) is 54.2 Å². The molecule has 1 aromatic heterocycles. The number of hydrogen-bond acceptors (Lipinski definition) is 5. The first kappa shape index (κ1) is 15.5. The molecule has 3 rings (SSSR count). The Hall–Kier alpha value is -2.41. The lowest BCUT2D eigenvalue weighted by Gasteiger charge is -2.15. The Labute approximate surface area is 136 Å². The van der Waals surface area contributed by atoms with Gasteiger partial charge in [0.15, 0.2) is 5.17 Å². The number of nitrogens with zero attached hydrogens (tertiary/aromatic N) is 3.